The number of aliphatic carboxylic acids is 1. The highest BCUT2D eigenvalue weighted by molar-refractivity contribution is 6.30. The molecule has 3 aromatic carbocycles. The molecule has 264 valence electrons. The molecule has 1 aliphatic heterocycles. The van der Waals surface area contributed by atoms with Crippen molar-refractivity contribution in [3.63, 3.8) is 0 Å². The van der Waals surface area contributed by atoms with Crippen molar-refractivity contribution in [1.82, 2.24) is 15.5 Å². The molecule has 2 fully saturated rings. The molecule has 10 nitrogen and oxygen atoms in total. The van der Waals surface area contributed by atoms with Crippen LogP contribution in [0, 0.1) is 5.41 Å². The van der Waals surface area contributed by atoms with Crippen LogP contribution in [-0.2, 0) is 36.8 Å². The molecule has 1 unspecified atom stereocenters. The summed E-state index contributed by atoms with van der Waals surface area (Å²) in [6.07, 6.45) is 4.06. The predicted octanol–water partition coefficient (Wildman–Crippen LogP) is 5.82. The molecule has 1 saturated heterocycles. The number of carbonyl (C=O) groups excluding carboxylic acids is 4. The third-order valence-electron chi connectivity index (χ3n) is 9.84. The first-order chi connectivity index (χ1) is 24.0. The molecule has 3 aromatic rings. The molecule has 5 rings (SSSR count). The Morgan fingerprint density at radius 2 is 1.58 bits per heavy atom. The lowest BCUT2D eigenvalue weighted by molar-refractivity contribution is -0.144. The summed E-state index contributed by atoms with van der Waals surface area (Å²) in [4.78, 5) is 68.8. The Bertz CT molecular complexity index is 1670. The molecule has 3 N–H and O–H groups in total. The van der Waals surface area contributed by atoms with Gasteiger partial charge in [-0.15, -0.1) is 0 Å². The summed E-state index contributed by atoms with van der Waals surface area (Å²) in [5.74, 6) is -1.96. The highest BCUT2D eigenvalue weighted by Crippen LogP contribution is 2.42. The second-order valence-corrected chi connectivity index (χ2v) is 13.8. The van der Waals surface area contributed by atoms with Crippen LogP contribution in [0.2, 0.25) is 5.02 Å². The van der Waals surface area contributed by atoms with Gasteiger partial charge < -0.3 is 20.6 Å². The molecule has 3 atom stereocenters. The molecule has 0 spiro atoms. The molecular weight excluding hydrogens is 656 g/mol. The van der Waals surface area contributed by atoms with Crippen molar-refractivity contribution >= 4 is 46.9 Å². The molecule has 4 amide bonds. The first-order valence-corrected chi connectivity index (χ1v) is 17.7. The van der Waals surface area contributed by atoms with Gasteiger partial charge >= 0.3 is 5.97 Å². The number of rotatable bonds is 14. The van der Waals surface area contributed by atoms with Crippen molar-refractivity contribution in [3.8, 4) is 0 Å². The lowest BCUT2D eigenvalue weighted by Gasteiger charge is -2.32. The average Bonchev–Trinajstić information content (AvgIpc) is 3.69. The van der Waals surface area contributed by atoms with Crippen LogP contribution in [0.25, 0.3) is 0 Å². The van der Waals surface area contributed by atoms with Gasteiger partial charge in [0.15, 0.2) is 0 Å². The Hall–Kier alpha value is -4.70. The van der Waals surface area contributed by atoms with E-state index < -0.39 is 29.6 Å². The minimum absolute atomic E-state index is 0.0412. The maximum atomic E-state index is 14.4. The number of carboxylic acids is 1. The predicted molar refractivity (Wildman–Crippen MR) is 191 cm³/mol. The first-order valence-electron chi connectivity index (χ1n) is 17.3. The van der Waals surface area contributed by atoms with Gasteiger partial charge in [0.1, 0.15) is 18.2 Å². The first kappa shape index (κ1) is 36.6. The number of carbonyl (C=O) groups is 5. The van der Waals surface area contributed by atoms with Crippen LogP contribution < -0.4 is 15.5 Å². The number of anilines is 1. The summed E-state index contributed by atoms with van der Waals surface area (Å²) < 4.78 is 0. The zero-order valence-electron chi connectivity index (χ0n) is 28.6. The largest absolute Gasteiger partial charge is 0.480 e. The summed E-state index contributed by atoms with van der Waals surface area (Å²) in [5.41, 5.74) is 2.19. The SMILES string of the molecule is CCCC(=O)N1[C@H](Cc2ccc(Cl)cc2)C(=O)N(c2ccc(CC(NC(=O)C3(CCNC(C)=O)CCCC3)C(=O)O)cc2)[C@@H]1c1ccccc1. The number of nitrogens with one attached hydrogen (secondary N) is 2. The van der Waals surface area contributed by atoms with Crippen molar-refractivity contribution in [2.24, 2.45) is 5.41 Å². The van der Waals surface area contributed by atoms with E-state index in [4.69, 9.17) is 11.6 Å². The van der Waals surface area contributed by atoms with Gasteiger partial charge in [0.05, 0.1) is 5.41 Å². The zero-order valence-corrected chi connectivity index (χ0v) is 29.3. The average molecular weight is 701 g/mol. The molecule has 0 aromatic heterocycles. The maximum absolute atomic E-state index is 14.4. The van der Waals surface area contributed by atoms with Gasteiger partial charge in [0.2, 0.25) is 17.7 Å². The number of hydrogen-bond acceptors (Lipinski definition) is 5. The molecule has 1 aliphatic carbocycles. The molecule has 1 heterocycles. The van der Waals surface area contributed by atoms with E-state index in [1.807, 2.05) is 49.4 Å². The molecule has 0 bridgehead atoms. The molecule has 11 heteroatoms. The molecule has 50 heavy (non-hydrogen) atoms. The van der Waals surface area contributed by atoms with E-state index in [1.54, 1.807) is 46.2 Å². The van der Waals surface area contributed by atoms with E-state index >= 15 is 0 Å². The fraction of sp³-hybridized carbons (Fsp3) is 0.410. The Morgan fingerprint density at radius 1 is 0.940 bits per heavy atom. The van der Waals surface area contributed by atoms with Crippen LogP contribution >= 0.6 is 11.6 Å². The number of amides is 4. The van der Waals surface area contributed by atoms with E-state index in [9.17, 15) is 29.1 Å². The van der Waals surface area contributed by atoms with Gasteiger partial charge in [0.25, 0.3) is 5.91 Å². The van der Waals surface area contributed by atoms with Crippen molar-refractivity contribution in [2.45, 2.75) is 89.9 Å². The Kier molecular flexibility index (Phi) is 12.0. The van der Waals surface area contributed by atoms with Crippen molar-refractivity contribution in [3.05, 3.63) is 101 Å². The van der Waals surface area contributed by atoms with Gasteiger partial charge in [-0.1, -0.05) is 86.0 Å². The van der Waals surface area contributed by atoms with Crippen LogP contribution in [-0.4, -0.2) is 58.2 Å². The maximum Gasteiger partial charge on any atom is 0.326 e. The van der Waals surface area contributed by atoms with Crippen LogP contribution in [0.4, 0.5) is 5.69 Å². The molecule has 2 aliphatic rings. The monoisotopic (exact) mass is 700 g/mol. The lowest BCUT2D eigenvalue weighted by Crippen LogP contribution is -2.49. The van der Waals surface area contributed by atoms with E-state index in [0.29, 0.717) is 54.9 Å². The van der Waals surface area contributed by atoms with Crippen LogP contribution in [0.1, 0.15) is 81.6 Å². The number of hydrogen-bond donors (Lipinski definition) is 3. The fourth-order valence-electron chi connectivity index (χ4n) is 7.24. The number of benzene rings is 3. The zero-order chi connectivity index (χ0) is 35.8. The topological polar surface area (TPSA) is 136 Å². The van der Waals surface area contributed by atoms with Crippen LogP contribution in [0.5, 0.6) is 0 Å². The number of nitrogens with zero attached hydrogens (tertiary/aromatic N) is 2. The van der Waals surface area contributed by atoms with E-state index in [2.05, 4.69) is 10.6 Å². The Balaban J connectivity index is 1.40. The lowest BCUT2D eigenvalue weighted by atomic mass is 9.81. The smallest absolute Gasteiger partial charge is 0.326 e. The van der Waals surface area contributed by atoms with Crippen molar-refractivity contribution < 1.29 is 29.1 Å². The second-order valence-electron chi connectivity index (χ2n) is 13.3. The van der Waals surface area contributed by atoms with E-state index in [0.717, 1.165) is 24.0 Å². The molecule has 1 saturated carbocycles. The highest BCUT2D eigenvalue weighted by Gasteiger charge is 2.49. The normalized spacial score (nSPS) is 18.9. The third-order valence-corrected chi connectivity index (χ3v) is 10.1. The minimum Gasteiger partial charge on any atom is -0.480 e. The number of halogens is 1. The van der Waals surface area contributed by atoms with Gasteiger partial charge in [-0.25, -0.2) is 4.79 Å². The second kappa shape index (κ2) is 16.3. The van der Waals surface area contributed by atoms with E-state index in [1.165, 1.54) is 6.92 Å². The van der Waals surface area contributed by atoms with Crippen molar-refractivity contribution in [1.29, 1.82) is 0 Å². The van der Waals surface area contributed by atoms with Crippen molar-refractivity contribution in [2.75, 3.05) is 11.4 Å². The summed E-state index contributed by atoms with van der Waals surface area (Å²) in [6.45, 7) is 3.71. The van der Waals surface area contributed by atoms with Gasteiger partial charge in [-0.3, -0.25) is 24.1 Å². The van der Waals surface area contributed by atoms with Gasteiger partial charge in [-0.2, -0.15) is 0 Å². The summed E-state index contributed by atoms with van der Waals surface area (Å²) in [7, 11) is 0. The standard InChI is InChI=1S/C39H45ClN4O6/c1-3-9-34(46)44-33(25-28-12-16-30(40)17-13-28)36(47)43(35(44)29-10-5-4-6-11-29)31-18-14-27(15-19-31)24-32(37(48)49)42-38(50)39(20-7-8-21-39)22-23-41-26(2)45/h4-6,10-19,32-33,35H,3,7-9,20-25H2,1-2H3,(H,41,45)(H,42,50)(H,48,49)/t32?,33-,35+/m1/s1. The number of carboxylic acid groups (broad SMARTS) is 1. The van der Waals surface area contributed by atoms with E-state index in [-0.39, 0.29) is 36.5 Å². The van der Waals surface area contributed by atoms with Crippen LogP contribution in [0.3, 0.4) is 0 Å². The van der Waals surface area contributed by atoms with Gasteiger partial charge in [-0.05, 0) is 66.6 Å². The Labute approximate surface area is 298 Å². The third kappa shape index (κ3) is 8.35. The molecule has 0 radical (unpaired) electrons. The quantitative estimate of drug-likeness (QED) is 0.194. The summed E-state index contributed by atoms with van der Waals surface area (Å²) in [6, 6.07) is 21.9. The molecular formula is C39H45ClN4O6. The van der Waals surface area contributed by atoms with Gasteiger partial charge in [0, 0.05) is 43.4 Å². The minimum atomic E-state index is -1.16. The fourth-order valence-corrected chi connectivity index (χ4v) is 7.37. The Morgan fingerprint density at radius 3 is 2.18 bits per heavy atom. The van der Waals surface area contributed by atoms with Crippen LogP contribution in [0.15, 0.2) is 78.9 Å². The highest BCUT2D eigenvalue weighted by atomic mass is 35.5. The summed E-state index contributed by atoms with van der Waals surface area (Å²) in [5, 5.41) is 16.2. The summed E-state index contributed by atoms with van der Waals surface area (Å²) >= 11 is 6.13.